The fraction of sp³-hybridized carbons (Fsp3) is 0.583. The van der Waals surface area contributed by atoms with Crippen molar-refractivity contribution in [2.24, 2.45) is 5.73 Å². The summed E-state index contributed by atoms with van der Waals surface area (Å²) >= 11 is 0. The molecule has 1 aromatic heterocycles. The van der Waals surface area contributed by atoms with Crippen LogP contribution in [-0.4, -0.2) is 17.6 Å². The summed E-state index contributed by atoms with van der Waals surface area (Å²) in [5.74, 6) is 0.891. The van der Waals surface area contributed by atoms with E-state index in [4.69, 9.17) is 10.5 Å². The molecule has 0 unspecified atom stereocenters. The second-order valence-electron chi connectivity index (χ2n) is 4.05. The Morgan fingerprint density at radius 1 is 1.33 bits per heavy atom. The van der Waals surface area contributed by atoms with E-state index in [1.54, 1.807) is 0 Å². The average Bonchev–Trinajstić information content (AvgIpc) is 2.74. The third-order valence-corrected chi connectivity index (χ3v) is 2.80. The smallest absolute Gasteiger partial charge is 0.138 e. The minimum Gasteiger partial charge on any atom is -0.489 e. The first-order chi connectivity index (χ1) is 7.38. The lowest BCUT2D eigenvalue weighted by molar-refractivity contribution is 0.209. The van der Waals surface area contributed by atoms with Gasteiger partial charge in [-0.15, -0.1) is 0 Å². The van der Waals surface area contributed by atoms with Gasteiger partial charge in [0, 0.05) is 12.1 Å². The second-order valence-corrected chi connectivity index (χ2v) is 4.05. The molecule has 0 bridgehead atoms. The largest absolute Gasteiger partial charge is 0.489 e. The molecule has 0 spiro atoms. The molecule has 2 N–H and O–H groups in total. The Hall–Kier alpha value is -1.09. The van der Waals surface area contributed by atoms with E-state index in [0.29, 0.717) is 12.6 Å². The van der Waals surface area contributed by atoms with Crippen LogP contribution in [0.5, 0.6) is 5.75 Å². The lowest BCUT2D eigenvalue weighted by Crippen LogP contribution is -2.11. The van der Waals surface area contributed by atoms with Gasteiger partial charge in [-0.1, -0.05) is 0 Å². The molecule has 1 aliphatic rings. The van der Waals surface area contributed by atoms with Crippen molar-refractivity contribution in [3.05, 3.63) is 24.0 Å². The van der Waals surface area contributed by atoms with Crippen LogP contribution in [0.1, 0.15) is 31.4 Å². The van der Waals surface area contributed by atoms with Crippen LogP contribution < -0.4 is 10.5 Å². The van der Waals surface area contributed by atoms with Gasteiger partial charge in [-0.25, -0.2) is 0 Å². The van der Waals surface area contributed by atoms with Crippen molar-refractivity contribution in [2.45, 2.75) is 38.2 Å². The van der Waals surface area contributed by atoms with Crippen molar-refractivity contribution in [1.29, 1.82) is 0 Å². The van der Waals surface area contributed by atoms with Gasteiger partial charge in [0.05, 0.1) is 12.3 Å². The highest BCUT2D eigenvalue weighted by molar-refractivity contribution is 5.20. The van der Waals surface area contributed by atoms with E-state index in [1.165, 1.54) is 25.7 Å². The first kappa shape index (κ1) is 10.4. The molecule has 1 saturated carbocycles. The van der Waals surface area contributed by atoms with Gasteiger partial charge in [-0.2, -0.15) is 0 Å². The lowest BCUT2D eigenvalue weighted by Gasteiger charge is -2.12. The van der Waals surface area contributed by atoms with Gasteiger partial charge < -0.3 is 10.5 Å². The van der Waals surface area contributed by atoms with Crippen LogP contribution in [0, 0.1) is 0 Å². The molecule has 1 heterocycles. The molecule has 0 aromatic carbocycles. The van der Waals surface area contributed by atoms with Crippen LogP contribution >= 0.6 is 0 Å². The number of nitrogens with two attached hydrogens (primary N) is 1. The predicted octanol–water partition coefficient (Wildman–Crippen LogP) is 1.90. The van der Waals surface area contributed by atoms with E-state index < -0.39 is 0 Å². The van der Waals surface area contributed by atoms with Gasteiger partial charge in [0.15, 0.2) is 0 Å². The van der Waals surface area contributed by atoms with Crippen LogP contribution in [0.2, 0.25) is 0 Å². The maximum atomic E-state index is 5.81. The molecule has 3 heteroatoms. The van der Waals surface area contributed by atoms with Gasteiger partial charge in [-0.05, 0) is 44.4 Å². The van der Waals surface area contributed by atoms with Crippen LogP contribution in [0.25, 0.3) is 0 Å². The maximum Gasteiger partial charge on any atom is 0.138 e. The fourth-order valence-electron chi connectivity index (χ4n) is 1.98. The Bertz CT molecular complexity index is 291. The Morgan fingerprint density at radius 3 is 2.73 bits per heavy atom. The molecule has 1 fully saturated rings. The van der Waals surface area contributed by atoms with Crippen molar-refractivity contribution >= 4 is 0 Å². The lowest BCUT2D eigenvalue weighted by atomic mass is 10.2. The summed E-state index contributed by atoms with van der Waals surface area (Å²) in [7, 11) is 0. The molecule has 82 valence electrons. The first-order valence-electron chi connectivity index (χ1n) is 5.70. The number of rotatable bonds is 4. The number of pyridine rings is 1. The average molecular weight is 206 g/mol. The number of hydrogen-bond acceptors (Lipinski definition) is 3. The Kier molecular flexibility index (Phi) is 3.56. The normalized spacial score (nSPS) is 16.9. The van der Waals surface area contributed by atoms with Gasteiger partial charge in [-0.3, -0.25) is 4.98 Å². The Morgan fingerprint density at radius 2 is 2.13 bits per heavy atom. The number of ether oxygens (including phenoxy) is 1. The molecule has 3 nitrogen and oxygen atoms in total. The standard InChI is InChI=1S/C12H18N2O/c13-8-7-10-5-6-12(9-14-10)15-11-3-1-2-4-11/h5-6,9,11H,1-4,7-8,13H2. The van der Waals surface area contributed by atoms with E-state index in [0.717, 1.165) is 17.9 Å². The minimum absolute atomic E-state index is 0.409. The number of hydrogen-bond donors (Lipinski definition) is 1. The summed E-state index contributed by atoms with van der Waals surface area (Å²) in [6, 6.07) is 3.99. The monoisotopic (exact) mass is 206 g/mol. The Balaban J connectivity index is 1.91. The highest BCUT2D eigenvalue weighted by Crippen LogP contribution is 2.23. The van der Waals surface area contributed by atoms with Crippen LogP contribution in [-0.2, 0) is 6.42 Å². The Labute approximate surface area is 90.7 Å². The molecular formula is C12H18N2O. The summed E-state index contributed by atoms with van der Waals surface area (Å²) in [6.45, 7) is 0.649. The van der Waals surface area contributed by atoms with E-state index in [2.05, 4.69) is 4.98 Å². The SMILES string of the molecule is NCCc1ccc(OC2CCCC2)cn1. The van der Waals surface area contributed by atoms with Crippen molar-refractivity contribution in [1.82, 2.24) is 4.98 Å². The molecule has 0 radical (unpaired) electrons. The summed E-state index contributed by atoms with van der Waals surface area (Å²) in [5, 5.41) is 0. The van der Waals surface area contributed by atoms with Crippen molar-refractivity contribution in [3.63, 3.8) is 0 Å². The van der Waals surface area contributed by atoms with Crippen LogP contribution in [0.4, 0.5) is 0 Å². The fourth-order valence-corrected chi connectivity index (χ4v) is 1.98. The summed E-state index contributed by atoms with van der Waals surface area (Å²) in [5.41, 5.74) is 6.50. The van der Waals surface area contributed by atoms with Crippen LogP contribution in [0.3, 0.4) is 0 Å². The molecular weight excluding hydrogens is 188 g/mol. The summed E-state index contributed by atoms with van der Waals surface area (Å²) in [6.07, 6.45) is 8.02. The quantitative estimate of drug-likeness (QED) is 0.818. The van der Waals surface area contributed by atoms with Crippen molar-refractivity contribution in [3.8, 4) is 5.75 Å². The molecule has 1 aromatic rings. The zero-order chi connectivity index (χ0) is 10.5. The van der Waals surface area contributed by atoms with E-state index in [-0.39, 0.29) is 0 Å². The number of nitrogens with zero attached hydrogens (tertiary/aromatic N) is 1. The van der Waals surface area contributed by atoms with Gasteiger partial charge in [0.25, 0.3) is 0 Å². The molecule has 1 aliphatic carbocycles. The topological polar surface area (TPSA) is 48.1 Å². The van der Waals surface area contributed by atoms with Crippen molar-refractivity contribution in [2.75, 3.05) is 6.54 Å². The van der Waals surface area contributed by atoms with E-state index in [1.807, 2.05) is 18.3 Å². The third kappa shape index (κ3) is 2.93. The van der Waals surface area contributed by atoms with Gasteiger partial charge in [0.1, 0.15) is 5.75 Å². The summed E-state index contributed by atoms with van der Waals surface area (Å²) < 4.78 is 5.81. The molecule has 0 saturated heterocycles. The highest BCUT2D eigenvalue weighted by Gasteiger charge is 2.16. The molecule has 0 atom stereocenters. The predicted molar refractivity (Wildman–Crippen MR) is 59.9 cm³/mol. The molecule has 0 amide bonds. The first-order valence-corrected chi connectivity index (χ1v) is 5.70. The molecule has 15 heavy (non-hydrogen) atoms. The molecule has 2 rings (SSSR count). The zero-order valence-corrected chi connectivity index (χ0v) is 8.98. The van der Waals surface area contributed by atoms with Crippen LogP contribution in [0.15, 0.2) is 18.3 Å². The molecule has 0 aliphatic heterocycles. The zero-order valence-electron chi connectivity index (χ0n) is 8.98. The minimum atomic E-state index is 0.409. The second kappa shape index (κ2) is 5.12. The van der Waals surface area contributed by atoms with E-state index in [9.17, 15) is 0 Å². The van der Waals surface area contributed by atoms with Crippen molar-refractivity contribution < 1.29 is 4.74 Å². The number of aromatic nitrogens is 1. The maximum absolute atomic E-state index is 5.81. The van der Waals surface area contributed by atoms with Gasteiger partial charge >= 0.3 is 0 Å². The third-order valence-electron chi connectivity index (χ3n) is 2.80. The van der Waals surface area contributed by atoms with E-state index >= 15 is 0 Å². The summed E-state index contributed by atoms with van der Waals surface area (Å²) in [4.78, 5) is 4.31. The highest BCUT2D eigenvalue weighted by atomic mass is 16.5. The van der Waals surface area contributed by atoms with Gasteiger partial charge in [0.2, 0.25) is 0 Å².